The number of hydrogen-bond acceptors (Lipinski definition) is 5. The van der Waals surface area contributed by atoms with E-state index in [-0.39, 0.29) is 5.92 Å². The van der Waals surface area contributed by atoms with Gasteiger partial charge in [0, 0.05) is 13.0 Å². The number of aromatic nitrogens is 2. The fraction of sp³-hybridized carbons (Fsp3) is 0.500. The predicted molar refractivity (Wildman–Crippen MR) is 75.5 cm³/mol. The highest BCUT2D eigenvalue weighted by molar-refractivity contribution is 5.38. The van der Waals surface area contributed by atoms with Crippen LogP contribution in [0.1, 0.15) is 42.0 Å². The second-order valence-electron chi connectivity index (χ2n) is 5.67. The Kier molecular flexibility index (Phi) is 3.35. The van der Waals surface area contributed by atoms with Crippen LogP contribution in [-0.2, 0) is 11.2 Å². The molecule has 4 rings (SSSR count). The molecule has 0 radical (unpaired) electrons. The Morgan fingerprint density at radius 1 is 1.10 bits per heavy atom. The Balaban J connectivity index is 1.51. The molecule has 1 saturated heterocycles. The van der Waals surface area contributed by atoms with Gasteiger partial charge in [-0.2, -0.15) is 0 Å². The Bertz CT molecular complexity index is 619. The fourth-order valence-corrected chi connectivity index (χ4v) is 3.08. The predicted octanol–water partition coefficient (Wildman–Crippen LogP) is 2.68. The van der Waals surface area contributed by atoms with E-state index in [1.165, 1.54) is 5.56 Å². The maximum atomic E-state index is 5.84. The van der Waals surface area contributed by atoms with Crippen molar-refractivity contribution in [2.75, 3.05) is 19.8 Å². The molecule has 0 aliphatic carbocycles. The highest BCUT2D eigenvalue weighted by atomic mass is 16.5. The topological polar surface area (TPSA) is 57.4 Å². The molecule has 1 aromatic carbocycles. The van der Waals surface area contributed by atoms with Gasteiger partial charge in [-0.1, -0.05) is 18.2 Å². The number of para-hydroxylation sites is 1. The summed E-state index contributed by atoms with van der Waals surface area (Å²) >= 11 is 0. The third-order valence-corrected chi connectivity index (χ3v) is 4.27. The second-order valence-corrected chi connectivity index (χ2v) is 5.67. The standard InChI is InChI=1S/C16H18N2O3/c1-2-4-14-13(3-1)11(6-8-20-14)9-15-17-18-16(21-15)12-5-7-19-10-12/h1-4,11-12H,5-10H2/t11-,12-/m1/s1. The van der Waals surface area contributed by atoms with Gasteiger partial charge in [-0.15, -0.1) is 10.2 Å². The molecule has 2 aliphatic rings. The first-order valence-corrected chi connectivity index (χ1v) is 7.52. The third kappa shape index (κ3) is 2.53. The quantitative estimate of drug-likeness (QED) is 0.868. The van der Waals surface area contributed by atoms with Gasteiger partial charge in [0.05, 0.1) is 19.1 Å². The van der Waals surface area contributed by atoms with E-state index in [9.17, 15) is 0 Å². The molecular formula is C16H18N2O3. The van der Waals surface area contributed by atoms with E-state index in [0.29, 0.717) is 12.5 Å². The number of hydrogen-bond donors (Lipinski definition) is 0. The molecule has 110 valence electrons. The van der Waals surface area contributed by atoms with E-state index in [1.807, 2.05) is 12.1 Å². The van der Waals surface area contributed by atoms with Crippen molar-refractivity contribution in [1.82, 2.24) is 10.2 Å². The van der Waals surface area contributed by atoms with Crippen LogP contribution in [0.2, 0.25) is 0 Å². The summed E-state index contributed by atoms with van der Waals surface area (Å²) in [5.74, 6) is 3.09. The van der Waals surface area contributed by atoms with Gasteiger partial charge in [0.2, 0.25) is 11.8 Å². The molecule has 0 amide bonds. The van der Waals surface area contributed by atoms with Gasteiger partial charge in [0.25, 0.3) is 0 Å². The van der Waals surface area contributed by atoms with Crippen molar-refractivity contribution in [3.63, 3.8) is 0 Å². The average molecular weight is 286 g/mol. The lowest BCUT2D eigenvalue weighted by Crippen LogP contribution is -2.16. The van der Waals surface area contributed by atoms with E-state index in [4.69, 9.17) is 13.9 Å². The van der Waals surface area contributed by atoms with Crippen LogP contribution in [-0.4, -0.2) is 30.0 Å². The van der Waals surface area contributed by atoms with Crippen LogP contribution in [0.25, 0.3) is 0 Å². The first-order chi connectivity index (χ1) is 10.4. The molecule has 1 aromatic heterocycles. The normalized spacial score (nSPS) is 24.6. The Morgan fingerprint density at radius 3 is 2.95 bits per heavy atom. The molecule has 0 unspecified atom stereocenters. The third-order valence-electron chi connectivity index (χ3n) is 4.27. The van der Waals surface area contributed by atoms with Crippen molar-refractivity contribution in [1.29, 1.82) is 0 Å². The monoisotopic (exact) mass is 286 g/mol. The lowest BCUT2D eigenvalue weighted by atomic mass is 9.90. The maximum Gasteiger partial charge on any atom is 0.222 e. The van der Waals surface area contributed by atoms with E-state index in [1.54, 1.807) is 0 Å². The molecule has 2 aliphatic heterocycles. The van der Waals surface area contributed by atoms with Crippen molar-refractivity contribution < 1.29 is 13.9 Å². The van der Waals surface area contributed by atoms with Gasteiger partial charge in [-0.25, -0.2) is 0 Å². The molecule has 5 heteroatoms. The molecule has 21 heavy (non-hydrogen) atoms. The van der Waals surface area contributed by atoms with Crippen LogP contribution in [0.3, 0.4) is 0 Å². The van der Waals surface area contributed by atoms with Crippen molar-refractivity contribution in [2.24, 2.45) is 0 Å². The largest absolute Gasteiger partial charge is 0.493 e. The SMILES string of the molecule is c1ccc2c(c1)OCC[C@@H]2Cc1nnc([C@@H]2CCOC2)o1. The molecule has 0 N–H and O–H groups in total. The zero-order valence-corrected chi connectivity index (χ0v) is 11.8. The number of ether oxygens (including phenoxy) is 2. The minimum absolute atomic E-state index is 0.272. The smallest absolute Gasteiger partial charge is 0.222 e. The minimum Gasteiger partial charge on any atom is -0.493 e. The molecule has 5 nitrogen and oxygen atoms in total. The maximum absolute atomic E-state index is 5.84. The molecule has 0 saturated carbocycles. The zero-order chi connectivity index (χ0) is 14.1. The molecule has 1 fully saturated rings. The van der Waals surface area contributed by atoms with Crippen LogP contribution in [0, 0.1) is 0 Å². The highest BCUT2D eigenvalue weighted by Gasteiger charge is 2.26. The van der Waals surface area contributed by atoms with Crippen LogP contribution in [0.4, 0.5) is 0 Å². The molecule has 0 spiro atoms. The Hall–Kier alpha value is -1.88. The molecule has 3 heterocycles. The summed E-state index contributed by atoms with van der Waals surface area (Å²) in [6.45, 7) is 2.23. The van der Waals surface area contributed by atoms with Crippen molar-refractivity contribution in [2.45, 2.75) is 31.1 Å². The van der Waals surface area contributed by atoms with Crippen LogP contribution in [0.15, 0.2) is 28.7 Å². The summed E-state index contributed by atoms with van der Waals surface area (Å²) in [6, 6.07) is 8.21. The summed E-state index contributed by atoms with van der Waals surface area (Å²) in [5.41, 5.74) is 1.24. The number of nitrogens with zero attached hydrogens (tertiary/aromatic N) is 2. The Morgan fingerprint density at radius 2 is 2.05 bits per heavy atom. The minimum atomic E-state index is 0.272. The highest BCUT2D eigenvalue weighted by Crippen LogP contribution is 2.35. The van der Waals surface area contributed by atoms with Gasteiger partial charge in [-0.3, -0.25) is 0 Å². The summed E-state index contributed by atoms with van der Waals surface area (Å²) in [4.78, 5) is 0. The fourth-order valence-electron chi connectivity index (χ4n) is 3.08. The van der Waals surface area contributed by atoms with E-state index in [0.717, 1.165) is 50.0 Å². The molecule has 2 aromatic rings. The lowest BCUT2D eigenvalue weighted by Gasteiger charge is -2.24. The molecule has 2 atom stereocenters. The van der Waals surface area contributed by atoms with Gasteiger partial charge < -0.3 is 13.9 Å². The number of rotatable bonds is 3. The van der Waals surface area contributed by atoms with Crippen LogP contribution >= 0.6 is 0 Å². The van der Waals surface area contributed by atoms with Gasteiger partial charge >= 0.3 is 0 Å². The summed E-state index contributed by atoms with van der Waals surface area (Å²) in [7, 11) is 0. The van der Waals surface area contributed by atoms with Crippen molar-refractivity contribution in [3.05, 3.63) is 41.6 Å². The zero-order valence-electron chi connectivity index (χ0n) is 11.8. The summed E-state index contributed by atoms with van der Waals surface area (Å²) in [6.07, 6.45) is 2.74. The molecule has 0 bridgehead atoms. The number of benzene rings is 1. The Labute approximate surface area is 123 Å². The summed E-state index contributed by atoms with van der Waals surface area (Å²) in [5, 5.41) is 8.41. The lowest BCUT2D eigenvalue weighted by molar-refractivity contribution is 0.190. The molecular weight excluding hydrogens is 268 g/mol. The van der Waals surface area contributed by atoms with Crippen molar-refractivity contribution >= 4 is 0 Å². The average Bonchev–Trinajstić information content (AvgIpc) is 3.18. The van der Waals surface area contributed by atoms with E-state index in [2.05, 4.69) is 22.3 Å². The first kappa shape index (κ1) is 12.8. The summed E-state index contributed by atoms with van der Waals surface area (Å²) < 4.78 is 16.9. The number of fused-ring (bicyclic) bond motifs is 1. The van der Waals surface area contributed by atoms with Gasteiger partial charge in [-0.05, 0) is 30.4 Å². The van der Waals surface area contributed by atoms with Crippen molar-refractivity contribution in [3.8, 4) is 5.75 Å². The van der Waals surface area contributed by atoms with E-state index < -0.39 is 0 Å². The van der Waals surface area contributed by atoms with Crippen LogP contribution < -0.4 is 4.74 Å². The first-order valence-electron chi connectivity index (χ1n) is 7.52. The van der Waals surface area contributed by atoms with E-state index >= 15 is 0 Å². The van der Waals surface area contributed by atoms with Gasteiger partial charge in [0.1, 0.15) is 5.75 Å². The van der Waals surface area contributed by atoms with Crippen LogP contribution in [0.5, 0.6) is 5.75 Å². The van der Waals surface area contributed by atoms with Gasteiger partial charge in [0.15, 0.2) is 0 Å². The second kappa shape index (κ2) is 5.48.